The lowest BCUT2D eigenvalue weighted by Crippen LogP contribution is -2.40. The number of amides is 2. The van der Waals surface area contributed by atoms with Crippen LogP contribution in [-0.4, -0.2) is 35.5 Å². The number of carboxylic acids is 1. The molecular formula is C38H74N2O4. The van der Waals surface area contributed by atoms with Crippen molar-refractivity contribution in [2.24, 2.45) is 0 Å². The molecule has 3 N–H and O–H groups in total. The number of carbonyl (C=O) groups excluding carboxylic acids is 2. The molecule has 0 aromatic rings. The molecule has 0 spiro atoms. The van der Waals surface area contributed by atoms with E-state index in [2.05, 4.69) is 24.5 Å². The van der Waals surface area contributed by atoms with Crippen LogP contribution < -0.4 is 10.6 Å². The largest absolute Gasteiger partial charge is 0.480 e. The summed E-state index contributed by atoms with van der Waals surface area (Å²) in [6.45, 7) is 5.09. The summed E-state index contributed by atoms with van der Waals surface area (Å²) >= 11 is 0. The molecule has 0 aromatic carbocycles. The van der Waals surface area contributed by atoms with Gasteiger partial charge in [-0.25, -0.2) is 4.79 Å². The molecule has 0 aliphatic heterocycles. The Morgan fingerprint density at radius 2 is 0.795 bits per heavy atom. The van der Waals surface area contributed by atoms with E-state index in [4.69, 9.17) is 0 Å². The van der Waals surface area contributed by atoms with Crippen LogP contribution in [0.4, 0.5) is 0 Å². The highest BCUT2D eigenvalue weighted by molar-refractivity contribution is 5.83. The van der Waals surface area contributed by atoms with Gasteiger partial charge in [0.05, 0.1) is 0 Å². The van der Waals surface area contributed by atoms with Crippen molar-refractivity contribution in [3.63, 3.8) is 0 Å². The summed E-state index contributed by atoms with van der Waals surface area (Å²) in [6.07, 6.45) is 36.0. The fraction of sp³-hybridized carbons (Fsp3) is 0.921. The van der Waals surface area contributed by atoms with Crippen LogP contribution in [0.1, 0.15) is 213 Å². The van der Waals surface area contributed by atoms with E-state index < -0.39 is 12.0 Å². The lowest BCUT2D eigenvalue weighted by atomic mass is 10.0. The minimum atomic E-state index is -0.977. The second kappa shape index (κ2) is 34.3. The molecule has 0 aliphatic carbocycles. The summed E-state index contributed by atoms with van der Waals surface area (Å²) in [6, 6.07) is -0.842. The quantitative estimate of drug-likeness (QED) is 0.0613. The molecule has 0 heterocycles. The molecule has 0 aromatic heterocycles. The van der Waals surface area contributed by atoms with Crippen LogP contribution >= 0.6 is 0 Å². The van der Waals surface area contributed by atoms with Gasteiger partial charge in [0, 0.05) is 19.4 Å². The van der Waals surface area contributed by atoms with Gasteiger partial charge in [-0.05, 0) is 32.1 Å². The summed E-state index contributed by atoms with van der Waals surface area (Å²) in [7, 11) is 0. The summed E-state index contributed by atoms with van der Waals surface area (Å²) < 4.78 is 0. The van der Waals surface area contributed by atoms with Gasteiger partial charge in [-0.15, -0.1) is 0 Å². The van der Waals surface area contributed by atoms with Gasteiger partial charge in [0.1, 0.15) is 6.04 Å². The van der Waals surface area contributed by atoms with Crippen molar-refractivity contribution < 1.29 is 19.5 Å². The van der Waals surface area contributed by atoms with Crippen molar-refractivity contribution in [2.45, 2.75) is 219 Å². The number of hydrogen-bond acceptors (Lipinski definition) is 3. The van der Waals surface area contributed by atoms with E-state index in [0.717, 1.165) is 38.5 Å². The molecule has 0 radical (unpaired) electrons. The van der Waals surface area contributed by atoms with Crippen LogP contribution in [0.5, 0.6) is 0 Å². The monoisotopic (exact) mass is 623 g/mol. The maximum Gasteiger partial charge on any atom is 0.326 e. The smallest absolute Gasteiger partial charge is 0.326 e. The molecule has 2 amide bonds. The second-order valence-electron chi connectivity index (χ2n) is 13.3. The highest BCUT2D eigenvalue weighted by atomic mass is 16.4. The Balaban J connectivity index is 3.60. The number of carbonyl (C=O) groups is 3. The van der Waals surface area contributed by atoms with Gasteiger partial charge in [0.2, 0.25) is 11.8 Å². The van der Waals surface area contributed by atoms with Crippen LogP contribution in [0.15, 0.2) is 0 Å². The number of nitrogens with one attached hydrogen (secondary N) is 2. The highest BCUT2D eigenvalue weighted by Crippen LogP contribution is 2.14. The molecule has 6 heteroatoms. The molecular weight excluding hydrogens is 548 g/mol. The van der Waals surface area contributed by atoms with Crippen molar-refractivity contribution in [1.82, 2.24) is 10.6 Å². The zero-order valence-electron chi connectivity index (χ0n) is 29.4. The lowest BCUT2D eigenvalue weighted by Gasteiger charge is -2.14. The molecule has 6 nitrogen and oxygen atoms in total. The Morgan fingerprint density at radius 1 is 0.455 bits per heavy atom. The van der Waals surface area contributed by atoms with Gasteiger partial charge in [-0.3, -0.25) is 9.59 Å². The molecule has 0 bridgehead atoms. The zero-order chi connectivity index (χ0) is 32.4. The standard InChI is InChI=1S/C38H74N2O4/c1-3-5-7-9-11-13-15-17-19-21-23-25-27-32-36(41)39-34-30-29-31-35(38(43)44)40-37(42)33-28-26-24-22-20-18-16-14-12-10-8-6-4-2/h35H,3-34H2,1-2H3,(H,39,41)(H,40,42)(H,43,44). The molecule has 0 fully saturated rings. The van der Waals surface area contributed by atoms with Gasteiger partial charge < -0.3 is 15.7 Å². The lowest BCUT2D eigenvalue weighted by molar-refractivity contribution is -0.142. The van der Waals surface area contributed by atoms with Crippen molar-refractivity contribution >= 4 is 17.8 Å². The number of rotatable bonds is 35. The first-order valence-electron chi connectivity index (χ1n) is 19.3. The van der Waals surface area contributed by atoms with E-state index >= 15 is 0 Å². The predicted molar refractivity (Wildman–Crippen MR) is 187 cm³/mol. The number of aliphatic carboxylic acids is 1. The van der Waals surface area contributed by atoms with Crippen LogP contribution in [0, 0.1) is 0 Å². The van der Waals surface area contributed by atoms with Gasteiger partial charge >= 0.3 is 5.97 Å². The fourth-order valence-electron chi connectivity index (χ4n) is 5.92. The van der Waals surface area contributed by atoms with Crippen molar-refractivity contribution in [3.05, 3.63) is 0 Å². The molecule has 1 atom stereocenters. The van der Waals surface area contributed by atoms with Crippen molar-refractivity contribution in [1.29, 1.82) is 0 Å². The van der Waals surface area contributed by atoms with E-state index in [1.165, 1.54) is 135 Å². The Morgan fingerprint density at radius 3 is 1.16 bits per heavy atom. The Labute approximate surface area is 273 Å². The Bertz CT molecular complexity index is 655. The van der Waals surface area contributed by atoms with Gasteiger partial charge in [0.25, 0.3) is 0 Å². The second-order valence-corrected chi connectivity index (χ2v) is 13.3. The Hall–Kier alpha value is -1.59. The number of unbranched alkanes of at least 4 members (excludes halogenated alkanes) is 25. The van der Waals surface area contributed by atoms with Gasteiger partial charge in [-0.1, -0.05) is 168 Å². The Kier molecular flexibility index (Phi) is 33.0. The third-order valence-corrected chi connectivity index (χ3v) is 8.89. The molecule has 260 valence electrons. The van der Waals surface area contributed by atoms with Gasteiger partial charge in [-0.2, -0.15) is 0 Å². The fourth-order valence-corrected chi connectivity index (χ4v) is 5.92. The van der Waals surface area contributed by atoms with Crippen LogP contribution in [0.2, 0.25) is 0 Å². The summed E-state index contributed by atoms with van der Waals surface area (Å²) in [5.41, 5.74) is 0. The molecule has 1 unspecified atom stereocenters. The minimum absolute atomic E-state index is 0.0916. The summed E-state index contributed by atoms with van der Waals surface area (Å²) in [5.74, 6) is -1.05. The van der Waals surface area contributed by atoms with E-state index in [-0.39, 0.29) is 11.8 Å². The number of carboxylic acid groups (broad SMARTS) is 1. The van der Waals surface area contributed by atoms with E-state index in [0.29, 0.717) is 32.2 Å². The number of hydrogen-bond donors (Lipinski definition) is 3. The SMILES string of the molecule is CCCCCCCCCCCCCCCC(=O)NCCCCC(NC(=O)CCCCCCCCCCCCCCC)C(=O)O. The van der Waals surface area contributed by atoms with Crippen LogP contribution in [0.25, 0.3) is 0 Å². The maximum absolute atomic E-state index is 12.3. The molecule has 0 saturated carbocycles. The predicted octanol–water partition coefficient (Wildman–Crippen LogP) is 10.8. The maximum atomic E-state index is 12.3. The molecule has 0 rings (SSSR count). The third-order valence-electron chi connectivity index (χ3n) is 8.89. The first-order chi connectivity index (χ1) is 21.5. The van der Waals surface area contributed by atoms with Crippen molar-refractivity contribution in [3.8, 4) is 0 Å². The normalized spacial score (nSPS) is 11.9. The van der Waals surface area contributed by atoms with E-state index in [1.807, 2.05) is 0 Å². The van der Waals surface area contributed by atoms with E-state index in [1.54, 1.807) is 0 Å². The molecule has 44 heavy (non-hydrogen) atoms. The third kappa shape index (κ3) is 31.8. The minimum Gasteiger partial charge on any atom is -0.480 e. The highest BCUT2D eigenvalue weighted by Gasteiger charge is 2.19. The molecule has 0 aliphatic rings. The first kappa shape index (κ1) is 42.4. The van der Waals surface area contributed by atoms with Crippen LogP contribution in [0.3, 0.4) is 0 Å². The van der Waals surface area contributed by atoms with Crippen molar-refractivity contribution in [2.75, 3.05) is 6.54 Å². The average molecular weight is 623 g/mol. The topological polar surface area (TPSA) is 95.5 Å². The average Bonchev–Trinajstić information content (AvgIpc) is 3.00. The zero-order valence-corrected chi connectivity index (χ0v) is 29.4. The van der Waals surface area contributed by atoms with Gasteiger partial charge in [0.15, 0.2) is 0 Å². The van der Waals surface area contributed by atoms with E-state index in [9.17, 15) is 19.5 Å². The summed E-state index contributed by atoms with van der Waals surface area (Å²) in [5, 5.41) is 15.2. The summed E-state index contributed by atoms with van der Waals surface area (Å²) in [4.78, 5) is 36.0. The van der Waals surface area contributed by atoms with Crippen LogP contribution in [-0.2, 0) is 14.4 Å². The first-order valence-corrected chi connectivity index (χ1v) is 19.3. The molecule has 0 saturated heterocycles.